The number of hydrogen-bond acceptors (Lipinski definition) is 6. The number of ether oxygens (including phenoxy) is 1. The average molecular weight is 466 g/mol. The van der Waals surface area contributed by atoms with Crippen LogP contribution in [-0.4, -0.2) is 64.4 Å². The van der Waals surface area contributed by atoms with Crippen molar-refractivity contribution in [3.05, 3.63) is 47.9 Å². The molecule has 5 rings (SSSR count). The molecule has 3 fully saturated rings. The number of benzene rings is 1. The Bertz CT molecular complexity index is 1050. The standard InChI is InChI=1S/C26H35N5O3/c1-19-28-16-21(22(29-19)34-3)30-17-24(31(23(30)32)18-25(33)10-7-11-25)12-14-26(27-2,15-13-24)20-8-5-4-6-9-20/h4-6,8-9,16,27,33H,7,10-15,17-18H2,1-3H3. The number of carbonyl (C=O) groups excluding carboxylic acids is 1. The SMILES string of the molecule is CNC1(c2ccccc2)CCC2(CC1)CN(c1cnc(C)nc1OC)C(=O)N2CC1(O)CCC1. The molecule has 2 aliphatic carbocycles. The lowest BCUT2D eigenvalue weighted by molar-refractivity contribution is -0.0690. The van der Waals surface area contributed by atoms with Gasteiger partial charge in [0, 0.05) is 5.54 Å². The Labute approximate surface area is 201 Å². The highest BCUT2D eigenvalue weighted by atomic mass is 16.5. The van der Waals surface area contributed by atoms with Crippen LogP contribution < -0.4 is 15.0 Å². The van der Waals surface area contributed by atoms with Crippen molar-refractivity contribution in [1.29, 1.82) is 0 Å². The van der Waals surface area contributed by atoms with Gasteiger partial charge in [0.05, 0.1) is 37.5 Å². The van der Waals surface area contributed by atoms with Gasteiger partial charge in [0.1, 0.15) is 11.5 Å². The number of methoxy groups -OCH3 is 1. The topological polar surface area (TPSA) is 90.8 Å². The number of aryl methyl sites for hydroxylation is 1. The summed E-state index contributed by atoms with van der Waals surface area (Å²) < 4.78 is 5.52. The summed E-state index contributed by atoms with van der Waals surface area (Å²) in [6.07, 6.45) is 7.68. The lowest BCUT2D eigenvalue weighted by Gasteiger charge is -2.50. The van der Waals surface area contributed by atoms with E-state index >= 15 is 0 Å². The van der Waals surface area contributed by atoms with Crippen LogP contribution in [0.3, 0.4) is 0 Å². The fourth-order valence-electron chi connectivity index (χ4n) is 6.05. The molecule has 8 heteroatoms. The summed E-state index contributed by atoms with van der Waals surface area (Å²) in [5, 5.41) is 14.6. The second-order valence-electron chi connectivity index (χ2n) is 10.3. The second kappa shape index (κ2) is 8.50. The van der Waals surface area contributed by atoms with Crippen LogP contribution in [0.1, 0.15) is 56.3 Å². The van der Waals surface area contributed by atoms with E-state index in [0.29, 0.717) is 30.5 Å². The summed E-state index contributed by atoms with van der Waals surface area (Å²) >= 11 is 0. The Morgan fingerprint density at radius 1 is 1.12 bits per heavy atom. The Balaban J connectivity index is 1.48. The van der Waals surface area contributed by atoms with E-state index in [1.54, 1.807) is 25.1 Å². The van der Waals surface area contributed by atoms with Crippen LogP contribution in [0.25, 0.3) is 0 Å². The van der Waals surface area contributed by atoms with Gasteiger partial charge in [0.15, 0.2) is 0 Å². The van der Waals surface area contributed by atoms with E-state index in [-0.39, 0.29) is 17.1 Å². The maximum Gasteiger partial charge on any atom is 0.325 e. The van der Waals surface area contributed by atoms with Crippen molar-refractivity contribution in [2.24, 2.45) is 0 Å². The molecule has 0 atom stereocenters. The summed E-state index contributed by atoms with van der Waals surface area (Å²) in [7, 11) is 3.60. The molecule has 2 heterocycles. The molecule has 0 radical (unpaired) electrons. The Morgan fingerprint density at radius 2 is 1.82 bits per heavy atom. The number of nitrogens with zero attached hydrogens (tertiary/aromatic N) is 4. The van der Waals surface area contributed by atoms with Crippen LogP contribution >= 0.6 is 0 Å². The van der Waals surface area contributed by atoms with Crippen molar-refractivity contribution >= 4 is 11.7 Å². The number of urea groups is 1. The molecule has 3 aliphatic rings. The maximum absolute atomic E-state index is 13.9. The lowest BCUT2D eigenvalue weighted by atomic mass is 9.68. The summed E-state index contributed by atoms with van der Waals surface area (Å²) in [6, 6.07) is 10.5. The third-order valence-electron chi connectivity index (χ3n) is 8.40. The summed E-state index contributed by atoms with van der Waals surface area (Å²) in [5.74, 6) is 1.01. The molecule has 1 aromatic heterocycles. The highest BCUT2D eigenvalue weighted by Crippen LogP contribution is 2.49. The zero-order valence-corrected chi connectivity index (χ0v) is 20.4. The first-order chi connectivity index (χ1) is 16.3. The van der Waals surface area contributed by atoms with Gasteiger partial charge < -0.3 is 20.1 Å². The fourth-order valence-corrected chi connectivity index (χ4v) is 6.05. The predicted octanol–water partition coefficient (Wildman–Crippen LogP) is 3.38. The molecule has 2 N–H and O–H groups in total. The number of carbonyl (C=O) groups is 1. The molecule has 8 nitrogen and oxygen atoms in total. The van der Waals surface area contributed by atoms with Gasteiger partial charge in [-0.3, -0.25) is 4.90 Å². The smallest absolute Gasteiger partial charge is 0.325 e. The van der Waals surface area contributed by atoms with E-state index in [1.807, 2.05) is 18.0 Å². The number of amides is 2. The average Bonchev–Trinajstić information content (AvgIpc) is 3.10. The van der Waals surface area contributed by atoms with Crippen LogP contribution in [-0.2, 0) is 5.54 Å². The molecule has 1 aromatic carbocycles. The molecule has 182 valence electrons. The number of nitrogens with one attached hydrogen (secondary N) is 1. The maximum atomic E-state index is 13.9. The van der Waals surface area contributed by atoms with Crippen LogP contribution in [0.5, 0.6) is 5.88 Å². The summed E-state index contributed by atoms with van der Waals surface area (Å²) in [6.45, 7) is 2.72. The predicted molar refractivity (Wildman–Crippen MR) is 130 cm³/mol. The van der Waals surface area contributed by atoms with Crippen molar-refractivity contribution in [2.45, 2.75) is 68.5 Å². The highest BCUT2D eigenvalue weighted by molar-refractivity contribution is 5.96. The second-order valence-corrected chi connectivity index (χ2v) is 10.3. The van der Waals surface area contributed by atoms with Gasteiger partial charge in [-0.25, -0.2) is 9.78 Å². The minimum atomic E-state index is -0.788. The Morgan fingerprint density at radius 3 is 2.41 bits per heavy atom. The van der Waals surface area contributed by atoms with E-state index < -0.39 is 5.60 Å². The molecule has 2 amide bonds. The minimum Gasteiger partial charge on any atom is -0.479 e. The third kappa shape index (κ3) is 3.73. The van der Waals surface area contributed by atoms with E-state index in [9.17, 15) is 9.90 Å². The normalized spacial score (nSPS) is 28.3. The van der Waals surface area contributed by atoms with Gasteiger partial charge in [0.25, 0.3) is 0 Å². The molecule has 2 aromatic rings. The number of aromatic nitrogens is 2. The summed E-state index contributed by atoms with van der Waals surface area (Å²) in [5.41, 5.74) is 0.615. The van der Waals surface area contributed by atoms with Crippen LogP contribution in [0.4, 0.5) is 10.5 Å². The van der Waals surface area contributed by atoms with E-state index in [4.69, 9.17) is 4.74 Å². The van der Waals surface area contributed by atoms with Crippen LogP contribution in [0.2, 0.25) is 0 Å². The molecule has 1 saturated heterocycles. The first-order valence-corrected chi connectivity index (χ1v) is 12.3. The fraction of sp³-hybridized carbons (Fsp3) is 0.577. The Hall–Kier alpha value is -2.71. The van der Waals surface area contributed by atoms with Gasteiger partial charge in [-0.2, -0.15) is 4.98 Å². The number of anilines is 1. The van der Waals surface area contributed by atoms with Crippen LogP contribution in [0.15, 0.2) is 36.5 Å². The largest absolute Gasteiger partial charge is 0.479 e. The number of rotatable bonds is 6. The monoisotopic (exact) mass is 465 g/mol. The zero-order chi connectivity index (χ0) is 24.0. The van der Waals surface area contributed by atoms with Crippen molar-refractivity contribution < 1.29 is 14.6 Å². The Kier molecular flexibility index (Phi) is 5.76. The van der Waals surface area contributed by atoms with E-state index in [0.717, 1.165) is 44.9 Å². The molecule has 2 saturated carbocycles. The molecule has 1 spiro atoms. The van der Waals surface area contributed by atoms with Crippen molar-refractivity contribution in [3.63, 3.8) is 0 Å². The van der Waals surface area contributed by atoms with Crippen molar-refractivity contribution in [2.75, 3.05) is 32.1 Å². The van der Waals surface area contributed by atoms with E-state index in [2.05, 4.69) is 39.6 Å². The molecular formula is C26H35N5O3. The molecule has 1 aliphatic heterocycles. The highest BCUT2D eigenvalue weighted by Gasteiger charge is 2.56. The van der Waals surface area contributed by atoms with E-state index in [1.165, 1.54) is 5.56 Å². The number of aliphatic hydroxyl groups is 1. The zero-order valence-electron chi connectivity index (χ0n) is 20.4. The van der Waals surface area contributed by atoms with Gasteiger partial charge in [0.2, 0.25) is 5.88 Å². The van der Waals surface area contributed by atoms with Gasteiger partial charge in [-0.1, -0.05) is 30.3 Å². The lowest BCUT2D eigenvalue weighted by Crippen LogP contribution is -2.59. The van der Waals surface area contributed by atoms with Gasteiger partial charge >= 0.3 is 6.03 Å². The number of hydrogen-bond donors (Lipinski definition) is 2. The number of β-amino-alcohol motifs (C(OH)–C–C–N with tert-alkyl or cyclic N) is 1. The summed E-state index contributed by atoms with van der Waals surface area (Å²) in [4.78, 5) is 26.3. The first kappa shape index (κ1) is 23.1. The molecule has 0 bridgehead atoms. The quantitative estimate of drug-likeness (QED) is 0.680. The van der Waals surface area contributed by atoms with Crippen LogP contribution in [0, 0.1) is 6.92 Å². The molecular weight excluding hydrogens is 430 g/mol. The molecule has 34 heavy (non-hydrogen) atoms. The van der Waals surface area contributed by atoms with Gasteiger partial charge in [-0.05, 0) is 64.5 Å². The van der Waals surface area contributed by atoms with Crippen molar-refractivity contribution in [1.82, 2.24) is 20.2 Å². The first-order valence-electron chi connectivity index (χ1n) is 12.3. The van der Waals surface area contributed by atoms with Crippen molar-refractivity contribution in [3.8, 4) is 5.88 Å². The van der Waals surface area contributed by atoms with Gasteiger partial charge in [-0.15, -0.1) is 0 Å². The molecule has 0 unspecified atom stereocenters. The third-order valence-corrected chi connectivity index (χ3v) is 8.40. The minimum absolute atomic E-state index is 0.0947.